The van der Waals surface area contributed by atoms with Gasteiger partial charge in [-0.2, -0.15) is 13.2 Å². The summed E-state index contributed by atoms with van der Waals surface area (Å²) in [5.74, 6) is -0.0320. The number of halogens is 3. The van der Waals surface area contributed by atoms with E-state index in [2.05, 4.69) is 18.8 Å². The minimum Gasteiger partial charge on any atom is -0.465 e. The van der Waals surface area contributed by atoms with Crippen LogP contribution in [0.15, 0.2) is 46.1 Å². The molecular formula is C25H30F3NO3. The minimum atomic E-state index is -4.47. The Balaban J connectivity index is 2.23. The fourth-order valence-corrected chi connectivity index (χ4v) is 3.56. The molecule has 174 valence electrons. The summed E-state index contributed by atoms with van der Waals surface area (Å²) >= 11 is 0. The lowest BCUT2D eigenvalue weighted by Gasteiger charge is -2.13. The average Bonchev–Trinajstić information content (AvgIpc) is 2.72. The van der Waals surface area contributed by atoms with Gasteiger partial charge in [-0.05, 0) is 44.0 Å². The maximum absolute atomic E-state index is 13.2. The van der Waals surface area contributed by atoms with E-state index in [1.54, 1.807) is 6.08 Å². The molecule has 2 rings (SSSR count). The predicted molar refractivity (Wildman–Crippen MR) is 120 cm³/mol. The van der Waals surface area contributed by atoms with E-state index < -0.39 is 23.1 Å². The van der Waals surface area contributed by atoms with Crippen molar-refractivity contribution in [2.45, 2.75) is 71.4 Å². The summed E-state index contributed by atoms with van der Waals surface area (Å²) in [5, 5.41) is 2.50. The normalized spacial score (nSPS) is 11.4. The number of aryl methyl sites for hydroxylation is 1. The monoisotopic (exact) mass is 449 g/mol. The molecular weight excluding hydrogens is 419 g/mol. The number of carbonyl (C=O) groups excluding carboxylic acids is 1. The first kappa shape index (κ1) is 25.4. The molecule has 0 saturated heterocycles. The molecule has 0 fully saturated rings. The van der Waals surface area contributed by atoms with Gasteiger partial charge >= 0.3 is 6.18 Å². The fourth-order valence-electron chi connectivity index (χ4n) is 3.56. The highest BCUT2D eigenvalue weighted by atomic mass is 19.4. The molecule has 0 aliphatic carbocycles. The Morgan fingerprint density at radius 1 is 1.09 bits per heavy atom. The molecule has 1 aromatic heterocycles. The molecule has 0 aliphatic rings. The molecule has 1 N–H and O–H groups in total. The van der Waals surface area contributed by atoms with Crippen LogP contribution in [0, 0.1) is 6.92 Å². The minimum absolute atomic E-state index is 0.126. The molecule has 1 amide bonds. The third-order valence-corrected chi connectivity index (χ3v) is 5.27. The molecule has 1 aromatic carbocycles. The Morgan fingerprint density at radius 3 is 2.31 bits per heavy atom. The molecule has 0 aliphatic heterocycles. The molecule has 1 heterocycles. The third kappa shape index (κ3) is 6.84. The Bertz CT molecular complexity index is 976. The van der Waals surface area contributed by atoms with Crippen molar-refractivity contribution in [3.8, 4) is 0 Å². The quantitative estimate of drug-likeness (QED) is 0.301. The maximum Gasteiger partial charge on any atom is 0.416 e. The largest absolute Gasteiger partial charge is 0.465 e. The van der Waals surface area contributed by atoms with E-state index >= 15 is 0 Å². The zero-order valence-corrected chi connectivity index (χ0v) is 18.6. The van der Waals surface area contributed by atoms with Crippen LogP contribution in [0.3, 0.4) is 0 Å². The van der Waals surface area contributed by atoms with E-state index in [9.17, 15) is 22.8 Å². The van der Waals surface area contributed by atoms with Crippen molar-refractivity contribution in [2.24, 2.45) is 0 Å². The van der Waals surface area contributed by atoms with E-state index in [0.717, 1.165) is 56.4 Å². The van der Waals surface area contributed by atoms with Crippen LogP contribution < -0.4 is 10.7 Å². The summed E-state index contributed by atoms with van der Waals surface area (Å²) in [4.78, 5) is 26.0. The van der Waals surface area contributed by atoms with Crippen LogP contribution in [0.1, 0.15) is 78.5 Å². The smallest absolute Gasteiger partial charge is 0.416 e. The Labute approximate surface area is 186 Å². The van der Waals surface area contributed by atoms with Crippen LogP contribution >= 0.6 is 0 Å². The van der Waals surface area contributed by atoms with Gasteiger partial charge in [0, 0.05) is 17.7 Å². The number of benzene rings is 1. The van der Waals surface area contributed by atoms with Gasteiger partial charge in [-0.1, -0.05) is 45.1 Å². The fraction of sp³-hybridized carbons (Fsp3) is 0.440. The maximum atomic E-state index is 13.2. The zero-order valence-electron chi connectivity index (χ0n) is 18.6. The Hall–Kier alpha value is -2.83. The Kier molecular flexibility index (Phi) is 9.29. The summed E-state index contributed by atoms with van der Waals surface area (Å²) in [6, 6.07) is 4.06. The Morgan fingerprint density at radius 2 is 1.72 bits per heavy atom. The molecule has 0 saturated carbocycles. The average molecular weight is 450 g/mol. The van der Waals surface area contributed by atoms with Crippen LogP contribution in [0.2, 0.25) is 0 Å². The van der Waals surface area contributed by atoms with Crippen LogP contribution in [0.5, 0.6) is 0 Å². The molecule has 4 nitrogen and oxygen atoms in total. The standard InChI is InChI=1S/C25H30F3NO3/c1-4-6-7-8-9-10-12-20-21(11-5-2)32-17(3)22(23(20)30)24(31)29-19-15-13-18(14-16-19)25(26,27)28/h5,13-16H,2,4,6-12H2,1,3H3,(H,29,31). The van der Waals surface area contributed by atoms with Crippen molar-refractivity contribution in [1.82, 2.24) is 0 Å². The van der Waals surface area contributed by atoms with E-state index in [4.69, 9.17) is 4.42 Å². The van der Waals surface area contributed by atoms with E-state index in [-0.39, 0.29) is 17.0 Å². The SMILES string of the molecule is C=CCc1oc(C)c(C(=O)Nc2ccc(C(F)(F)F)cc2)c(=O)c1CCCCCCCC. The molecule has 2 aromatic rings. The van der Waals surface area contributed by atoms with E-state index in [0.29, 0.717) is 24.2 Å². The van der Waals surface area contributed by atoms with E-state index in [1.165, 1.54) is 13.3 Å². The second kappa shape index (κ2) is 11.7. The molecule has 0 radical (unpaired) electrons. The lowest BCUT2D eigenvalue weighted by molar-refractivity contribution is -0.137. The van der Waals surface area contributed by atoms with Gasteiger partial charge in [0.25, 0.3) is 5.91 Å². The van der Waals surface area contributed by atoms with Crippen molar-refractivity contribution >= 4 is 11.6 Å². The van der Waals surface area contributed by atoms with Gasteiger partial charge in [-0.15, -0.1) is 6.58 Å². The summed E-state index contributed by atoms with van der Waals surface area (Å²) in [6.07, 6.45) is 4.42. The number of allylic oxidation sites excluding steroid dienone is 1. The second-order valence-corrected chi connectivity index (χ2v) is 7.80. The molecule has 0 atom stereocenters. The summed E-state index contributed by atoms with van der Waals surface area (Å²) in [5.41, 5.74) is -0.721. The van der Waals surface area contributed by atoms with Gasteiger partial charge in [0.05, 0.1) is 5.56 Å². The van der Waals surface area contributed by atoms with Crippen molar-refractivity contribution in [3.63, 3.8) is 0 Å². The van der Waals surface area contributed by atoms with Gasteiger partial charge in [-0.3, -0.25) is 9.59 Å². The van der Waals surface area contributed by atoms with Crippen molar-refractivity contribution in [3.05, 3.63) is 75.4 Å². The van der Waals surface area contributed by atoms with Crippen molar-refractivity contribution < 1.29 is 22.4 Å². The predicted octanol–water partition coefficient (Wildman–Crippen LogP) is 6.85. The first-order valence-corrected chi connectivity index (χ1v) is 10.9. The molecule has 0 bridgehead atoms. The number of rotatable bonds is 11. The lowest BCUT2D eigenvalue weighted by Crippen LogP contribution is -2.26. The number of nitrogens with one attached hydrogen (secondary N) is 1. The van der Waals surface area contributed by atoms with Crippen LogP contribution in [0.4, 0.5) is 18.9 Å². The third-order valence-electron chi connectivity index (χ3n) is 5.27. The highest BCUT2D eigenvalue weighted by Gasteiger charge is 2.30. The summed E-state index contributed by atoms with van der Waals surface area (Å²) in [6.45, 7) is 7.38. The van der Waals surface area contributed by atoms with Crippen LogP contribution in [-0.4, -0.2) is 5.91 Å². The number of hydrogen-bond donors (Lipinski definition) is 1. The van der Waals surface area contributed by atoms with Gasteiger partial charge in [0.15, 0.2) is 0 Å². The first-order valence-electron chi connectivity index (χ1n) is 10.9. The first-order chi connectivity index (χ1) is 15.2. The molecule has 0 spiro atoms. The molecule has 0 unspecified atom stereocenters. The van der Waals surface area contributed by atoms with Crippen molar-refractivity contribution in [2.75, 3.05) is 5.32 Å². The number of amides is 1. The number of anilines is 1. The highest BCUT2D eigenvalue weighted by Crippen LogP contribution is 2.30. The van der Waals surface area contributed by atoms with Crippen LogP contribution in [0.25, 0.3) is 0 Å². The zero-order chi connectivity index (χ0) is 23.7. The van der Waals surface area contributed by atoms with Gasteiger partial charge in [0.2, 0.25) is 5.43 Å². The molecule has 7 heteroatoms. The summed E-state index contributed by atoms with van der Waals surface area (Å²) in [7, 11) is 0. The molecule has 32 heavy (non-hydrogen) atoms. The number of alkyl halides is 3. The van der Waals surface area contributed by atoms with Crippen molar-refractivity contribution in [1.29, 1.82) is 0 Å². The van der Waals surface area contributed by atoms with Gasteiger partial charge < -0.3 is 9.73 Å². The number of carbonyl (C=O) groups is 1. The highest BCUT2D eigenvalue weighted by molar-refractivity contribution is 6.04. The van der Waals surface area contributed by atoms with Gasteiger partial charge in [0.1, 0.15) is 17.1 Å². The van der Waals surface area contributed by atoms with Gasteiger partial charge in [-0.25, -0.2) is 0 Å². The second-order valence-electron chi connectivity index (χ2n) is 7.80. The lowest BCUT2D eigenvalue weighted by atomic mass is 10.00. The summed E-state index contributed by atoms with van der Waals surface area (Å²) < 4.78 is 44.0. The van der Waals surface area contributed by atoms with E-state index in [1.807, 2.05) is 0 Å². The number of hydrogen-bond acceptors (Lipinski definition) is 3. The van der Waals surface area contributed by atoms with Crippen LogP contribution in [-0.2, 0) is 19.0 Å². The number of unbranched alkanes of at least 4 members (excludes halogenated alkanes) is 5. The topological polar surface area (TPSA) is 59.3 Å².